The first-order valence-electron chi connectivity index (χ1n) is 9.33. The molecule has 0 radical (unpaired) electrons. The van der Waals surface area contributed by atoms with Crippen molar-refractivity contribution in [2.24, 2.45) is 0 Å². The number of carbonyl (C=O) groups is 1. The van der Waals surface area contributed by atoms with Gasteiger partial charge < -0.3 is 14.8 Å². The summed E-state index contributed by atoms with van der Waals surface area (Å²) in [6, 6.07) is 19.8. The molecule has 0 aliphatic rings. The number of methoxy groups -OCH3 is 1. The fourth-order valence-electron chi connectivity index (χ4n) is 2.81. The number of amides is 1. The van der Waals surface area contributed by atoms with E-state index in [0.717, 1.165) is 10.0 Å². The van der Waals surface area contributed by atoms with Crippen molar-refractivity contribution < 1.29 is 14.3 Å². The average molecular weight is 577 g/mol. The lowest BCUT2D eigenvalue weighted by Gasteiger charge is -2.14. The molecule has 5 nitrogen and oxygen atoms in total. The van der Waals surface area contributed by atoms with Gasteiger partial charge in [-0.15, -0.1) is 0 Å². The molecule has 3 aromatic carbocycles. The van der Waals surface area contributed by atoms with Crippen LogP contribution >= 0.6 is 43.5 Å². The number of nitrogens with zero attached hydrogens (tertiary/aromatic N) is 1. The van der Waals surface area contributed by atoms with Crippen molar-refractivity contribution in [1.82, 2.24) is 0 Å². The minimum atomic E-state index is -0.542. The molecule has 0 atom stereocenters. The Morgan fingerprint density at radius 2 is 1.91 bits per heavy atom. The van der Waals surface area contributed by atoms with Crippen molar-refractivity contribution in [1.29, 1.82) is 5.26 Å². The molecule has 0 aliphatic carbocycles. The molecule has 0 saturated carbocycles. The van der Waals surface area contributed by atoms with Gasteiger partial charge in [-0.05, 0) is 64.0 Å². The average Bonchev–Trinajstić information content (AvgIpc) is 2.77. The van der Waals surface area contributed by atoms with Gasteiger partial charge >= 0.3 is 0 Å². The third-order valence-corrected chi connectivity index (χ3v) is 5.94. The molecule has 0 fully saturated rings. The number of halogens is 3. The van der Waals surface area contributed by atoms with E-state index in [1.165, 1.54) is 13.2 Å². The quantitative estimate of drug-likeness (QED) is 0.243. The highest BCUT2D eigenvalue weighted by molar-refractivity contribution is 9.10. The number of hydrogen-bond acceptors (Lipinski definition) is 4. The van der Waals surface area contributed by atoms with E-state index < -0.39 is 5.91 Å². The number of benzene rings is 3. The van der Waals surface area contributed by atoms with Crippen molar-refractivity contribution in [2.45, 2.75) is 6.61 Å². The molecule has 0 heterocycles. The first kappa shape index (κ1) is 23.9. The Morgan fingerprint density at radius 3 is 2.59 bits per heavy atom. The molecule has 162 valence electrons. The molecule has 0 unspecified atom stereocenters. The van der Waals surface area contributed by atoms with Crippen LogP contribution in [0.5, 0.6) is 11.5 Å². The van der Waals surface area contributed by atoms with Crippen molar-refractivity contribution in [2.75, 3.05) is 12.4 Å². The summed E-state index contributed by atoms with van der Waals surface area (Å²) in [7, 11) is 1.53. The van der Waals surface area contributed by atoms with Crippen molar-refractivity contribution >= 4 is 61.1 Å². The fraction of sp³-hybridized carbons (Fsp3) is 0.0833. The molecule has 3 aromatic rings. The molecule has 3 rings (SSSR count). The molecule has 1 amide bonds. The second-order valence-electron chi connectivity index (χ2n) is 6.55. The summed E-state index contributed by atoms with van der Waals surface area (Å²) in [4.78, 5) is 12.5. The third-order valence-electron chi connectivity index (χ3n) is 4.34. The van der Waals surface area contributed by atoms with E-state index >= 15 is 0 Å². The summed E-state index contributed by atoms with van der Waals surface area (Å²) in [6.45, 7) is 0.330. The minimum absolute atomic E-state index is 0.0687. The van der Waals surface area contributed by atoms with Crippen LogP contribution < -0.4 is 14.8 Å². The summed E-state index contributed by atoms with van der Waals surface area (Å²) in [5.74, 6) is 0.437. The number of ether oxygens (including phenoxy) is 2. The molecular formula is C24H17Br2ClN2O3. The Hall–Kier alpha value is -2.79. The van der Waals surface area contributed by atoms with Gasteiger partial charge in [-0.1, -0.05) is 51.8 Å². The molecule has 0 spiro atoms. The zero-order valence-corrected chi connectivity index (χ0v) is 20.8. The van der Waals surface area contributed by atoms with E-state index in [9.17, 15) is 10.1 Å². The van der Waals surface area contributed by atoms with Crippen molar-refractivity contribution in [3.8, 4) is 17.6 Å². The van der Waals surface area contributed by atoms with Crippen molar-refractivity contribution in [3.05, 3.63) is 91.3 Å². The number of nitriles is 1. The molecule has 1 N–H and O–H groups in total. The van der Waals surface area contributed by atoms with Crippen LogP contribution in [0.25, 0.3) is 6.08 Å². The molecule has 0 aromatic heterocycles. The Bertz CT molecular complexity index is 1220. The van der Waals surface area contributed by atoms with Crippen LogP contribution in [0.3, 0.4) is 0 Å². The summed E-state index contributed by atoms with van der Waals surface area (Å²) in [5, 5.41) is 12.6. The van der Waals surface area contributed by atoms with Crippen LogP contribution in [0.15, 0.2) is 75.2 Å². The van der Waals surface area contributed by atoms with Gasteiger partial charge in [0.25, 0.3) is 5.91 Å². The smallest absolute Gasteiger partial charge is 0.266 e. The Balaban J connectivity index is 1.83. The van der Waals surface area contributed by atoms with E-state index in [4.69, 9.17) is 21.1 Å². The van der Waals surface area contributed by atoms with Crippen LogP contribution in [-0.2, 0) is 11.4 Å². The SMILES string of the molecule is COc1cc(/C=C(\C#N)C(=O)Nc2cccc(Cl)c2)cc(Br)c1OCc1ccccc1Br. The fourth-order valence-corrected chi connectivity index (χ4v) is 3.97. The summed E-state index contributed by atoms with van der Waals surface area (Å²) < 4.78 is 13.0. The Labute approximate surface area is 207 Å². The van der Waals surface area contributed by atoms with Gasteiger partial charge in [0.15, 0.2) is 11.5 Å². The van der Waals surface area contributed by atoms with Crippen LogP contribution in [0, 0.1) is 11.3 Å². The highest BCUT2D eigenvalue weighted by atomic mass is 79.9. The summed E-state index contributed by atoms with van der Waals surface area (Å²) in [5.41, 5.74) is 2.01. The van der Waals surface area contributed by atoms with E-state index in [1.54, 1.807) is 36.4 Å². The van der Waals surface area contributed by atoms with Gasteiger partial charge in [0.05, 0.1) is 11.6 Å². The predicted molar refractivity (Wildman–Crippen MR) is 133 cm³/mol. The highest BCUT2D eigenvalue weighted by Crippen LogP contribution is 2.38. The first-order chi connectivity index (χ1) is 15.4. The van der Waals surface area contributed by atoms with E-state index in [-0.39, 0.29) is 5.57 Å². The molecular weight excluding hydrogens is 560 g/mol. The lowest BCUT2D eigenvalue weighted by atomic mass is 10.1. The number of anilines is 1. The number of hydrogen-bond donors (Lipinski definition) is 1. The molecule has 0 saturated heterocycles. The van der Waals surface area contributed by atoms with Gasteiger partial charge in [0.2, 0.25) is 0 Å². The minimum Gasteiger partial charge on any atom is -0.493 e. The molecule has 0 bridgehead atoms. The zero-order valence-electron chi connectivity index (χ0n) is 16.9. The standard InChI is InChI=1S/C24H17Br2ClN2O3/c1-31-22-11-15(9-17(13-28)24(30)29-19-7-4-6-18(27)12-19)10-21(26)23(22)32-14-16-5-2-3-8-20(16)25/h2-12H,14H2,1H3,(H,29,30)/b17-9+. The van der Waals surface area contributed by atoms with E-state index in [2.05, 4.69) is 37.2 Å². The molecule has 8 heteroatoms. The second-order valence-corrected chi connectivity index (χ2v) is 8.69. The van der Waals surface area contributed by atoms with Gasteiger partial charge in [-0.25, -0.2) is 0 Å². The lowest BCUT2D eigenvalue weighted by molar-refractivity contribution is -0.112. The maximum absolute atomic E-state index is 12.5. The van der Waals surface area contributed by atoms with Crippen LogP contribution in [0.1, 0.15) is 11.1 Å². The number of carbonyl (C=O) groups excluding carboxylic acids is 1. The van der Waals surface area contributed by atoms with E-state index in [1.807, 2.05) is 30.3 Å². The topological polar surface area (TPSA) is 71.3 Å². The first-order valence-corrected chi connectivity index (χ1v) is 11.3. The molecule has 0 aliphatic heterocycles. The monoisotopic (exact) mass is 574 g/mol. The van der Waals surface area contributed by atoms with Gasteiger partial charge in [0, 0.05) is 20.7 Å². The van der Waals surface area contributed by atoms with Crippen LogP contribution in [-0.4, -0.2) is 13.0 Å². The van der Waals surface area contributed by atoms with Crippen molar-refractivity contribution in [3.63, 3.8) is 0 Å². The Morgan fingerprint density at radius 1 is 1.12 bits per heavy atom. The van der Waals surface area contributed by atoms with Gasteiger partial charge in [0.1, 0.15) is 18.2 Å². The number of nitrogens with one attached hydrogen (secondary N) is 1. The summed E-state index contributed by atoms with van der Waals surface area (Å²) in [6.07, 6.45) is 1.48. The Kier molecular flexibility index (Phi) is 8.34. The third kappa shape index (κ3) is 6.13. The zero-order chi connectivity index (χ0) is 23.1. The second kappa shape index (κ2) is 11.2. The molecule has 32 heavy (non-hydrogen) atoms. The van der Waals surface area contributed by atoms with Gasteiger partial charge in [-0.3, -0.25) is 4.79 Å². The van der Waals surface area contributed by atoms with Crippen LogP contribution in [0.2, 0.25) is 5.02 Å². The van der Waals surface area contributed by atoms with Crippen LogP contribution in [0.4, 0.5) is 5.69 Å². The maximum atomic E-state index is 12.5. The predicted octanol–water partition coefficient (Wildman–Crippen LogP) is 7.00. The largest absolute Gasteiger partial charge is 0.493 e. The lowest BCUT2D eigenvalue weighted by Crippen LogP contribution is -2.13. The summed E-state index contributed by atoms with van der Waals surface area (Å²) >= 11 is 12.9. The van der Waals surface area contributed by atoms with Gasteiger partial charge in [-0.2, -0.15) is 5.26 Å². The highest BCUT2D eigenvalue weighted by Gasteiger charge is 2.15. The normalized spacial score (nSPS) is 10.9. The maximum Gasteiger partial charge on any atom is 0.266 e. The number of rotatable bonds is 7. The van der Waals surface area contributed by atoms with E-state index in [0.29, 0.717) is 38.9 Å².